The minimum atomic E-state index is -0.216. The van der Waals surface area contributed by atoms with Crippen LogP contribution in [0.15, 0.2) is 42.6 Å². The van der Waals surface area contributed by atoms with Gasteiger partial charge in [-0.3, -0.25) is 9.78 Å². The Morgan fingerprint density at radius 2 is 1.72 bits per heavy atom. The Hall–Kier alpha value is -2.63. The Labute approximate surface area is 171 Å². The average molecular weight is 397 g/mol. The number of hydrogen-bond acceptors (Lipinski definition) is 4. The molecule has 2 aromatic rings. The van der Waals surface area contributed by atoms with Crippen molar-refractivity contribution in [2.75, 3.05) is 36.4 Å². The lowest BCUT2D eigenvalue weighted by Gasteiger charge is -2.36. The summed E-state index contributed by atoms with van der Waals surface area (Å²) in [5.74, 6) is -0.270. The summed E-state index contributed by atoms with van der Waals surface area (Å²) in [6.07, 6.45) is 9.24. The number of carbonyl (C=O) groups is 1. The fourth-order valence-electron chi connectivity index (χ4n) is 4.32. The van der Waals surface area contributed by atoms with Gasteiger partial charge in [-0.1, -0.05) is 37.8 Å². The summed E-state index contributed by atoms with van der Waals surface area (Å²) in [5.41, 5.74) is 2.05. The fourth-order valence-corrected chi connectivity index (χ4v) is 4.32. The molecule has 2 fully saturated rings. The normalized spacial score (nSPS) is 18.4. The van der Waals surface area contributed by atoms with E-state index in [9.17, 15) is 9.18 Å². The van der Waals surface area contributed by atoms with Crippen LogP contribution in [0, 0.1) is 5.82 Å². The molecule has 1 aliphatic carbocycles. The zero-order chi connectivity index (χ0) is 20.1. The van der Waals surface area contributed by atoms with Gasteiger partial charge in [-0.05, 0) is 37.1 Å². The van der Waals surface area contributed by atoms with Crippen LogP contribution in [0.25, 0.3) is 0 Å². The summed E-state index contributed by atoms with van der Waals surface area (Å²) in [6.45, 7) is 2.36. The largest absolute Gasteiger partial charge is 0.382 e. The van der Waals surface area contributed by atoms with Crippen LogP contribution in [-0.4, -0.2) is 48.0 Å². The topological polar surface area (TPSA) is 48.5 Å². The number of rotatable bonds is 4. The third-order valence-electron chi connectivity index (χ3n) is 5.97. The van der Waals surface area contributed by atoms with Gasteiger partial charge >= 0.3 is 0 Å². The second-order valence-electron chi connectivity index (χ2n) is 7.99. The summed E-state index contributed by atoms with van der Waals surface area (Å²) >= 11 is 0. The number of benzene rings is 1. The van der Waals surface area contributed by atoms with Gasteiger partial charge in [0.25, 0.3) is 5.91 Å². The minimum Gasteiger partial charge on any atom is -0.382 e. The highest BCUT2D eigenvalue weighted by atomic mass is 19.1. The monoisotopic (exact) mass is 396 g/mol. The molecule has 0 spiro atoms. The van der Waals surface area contributed by atoms with Crippen molar-refractivity contribution >= 4 is 17.3 Å². The van der Waals surface area contributed by atoms with Crippen LogP contribution in [0.2, 0.25) is 0 Å². The van der Waals surface area contributed by atoms with Crippen molar-refractivity contribution in [3.05, 3.63) is 54.1 Å². The fraction of sp³-hybridized carbons (Fsp3) is 0.478. The molecule has 1 aromatic carbocycles. The number of piperazine rings is 1. The molecular formula is C23H29FN4O. The molecule has 0 atom stereocenters. The highest BCUT2D eigenvalue weighted by molar-refractivity contribution is 5.93. The van der Waals surface area contributed by atoms with Gasteiger partial charge in [0.15, 0.2) is 0 Å². The molecule has 1 saturated carbocycles. The molecule has 2 aliphatic rings. The van der Waals surface area contributed by atoms with Crippen LogP contribution in [0.4, 0.5) is 15.8 Å². The number of hydrogen-bond donors (Lipinski definition) is 1. The van der Waals surface area contributed by atoms with Crippen LogP contribution in [-0.2, 0) is 0 Å². The van der Waals surface area contributed by atoms with Crippen molar-refractivity contribution in [2.24, 2.45) is 0 Å². The Bertz CT molecular complexity index is 827. The molecule has 1 saturated heterocycles. The van der Waals surface area contributed by atoms with Gasteiger partial charge in [0.2, 0.25) is 0 Å². The average Bonchev–Trinajstić information content (AvgIpc) is 3.03. The third-order valence-corrected chi connectivity index (χ3v) is 5.97. The number of amides is 1. The maximum Gasteiger partial charge on any atom is 0.272 e. The standard InChI is InChI=1S/C23H29FN4O/c24-20-9-5-6-10-22(20)27-13-15-28(16-14-27)23(29)21-17-19(11-12-25-21)26-18-7-3-1-2-4-8-18/h5-6,9-12,17-18H,1-4,7-8,13-16H2,(H,25,26). The van der Waals surface area contributed by atoms with E-state index in [1.165, 1.54) is 44.6 Å². The molecule has 0 radical (unpaired) electrons. The highest BCUT2D eigenvalue weighted by Gasteiger charge is 2.24. The predicted molar refractivity (Wildman–Crippen MR) is 114 cm³/mol. The van der Waals surface area contributed by atoms with Crippen LogP contribution in [0.1, 0.15) is 49.0 Å². The number of anilines is 2. The summed E-state index contributed by atoms with van der Waals surface area (Å²) in [4.78, 5) is 21.1. The first kappa shape index (κ1) is 19.7. The second kappa shape index (κ2) is 9.25. The number of nitrogens with one attached hydrogen (secondary N) is 1. The zero-order valence-electron chi connectivity index (χ0n) is 16.8. The van der Waals surface area contributed by atoms with Crippen LogP contribution < -0.4 is 10.2 Å². The molecule has 1 N–H and O–H groups in total. The maximum absolute atomic E-state index is 14.0. The van der Waals surface area contributed by atoms with Crippen molar-refractivity contribution in [3.63, 3.8) is 0 Å². The van der Waals surface area contributed by atoms with Gasteiger partial charge in [0, 0.05) is 44.1 Å². The van der Waals surface area contributed by atoms with E-state index in [1.807, 2.05) is 28.0 Å². The SMILES string of the molecule is O=C(c1cc(NC2CCCCCC2)ccn1)N1CCN(c2ccccc2F)CC1. The van der Waals surface area contributed by atoms with Gasteiger partial charge in [0.1, 0.15) is 11.5 Å². The smallest absolute Gasteiger partial charge is 0.272 e. The number of para-hydroxylation sites is 1. The lowest BCUT2D eigenvalue weighted by molar-refractivity contribution is 0.0741. The van der Waals surface area contributed by atoms with E-state index >= 15 is 0 Å². The van der Waals surface area contributed by atoms with Crippen molar-refractivity contribution < 1.29 is 9.18 Å². The Morgan fingerprint density at radius 3 is 2.45 bits per heavy atom. The van der Waals surface area contributed by atoms with E-state index in [-0.39, 0.29) is 11.7 Å². The molecule has 2 heterocycles. The van der Waals surface area contributed by atoms with Gasteiger partial charge in [-0.25, -0.2) is 4.39 Å². The van der Waals surface area contributed by atoms with Crippen molar-refractivity contribution in [1.82, 2.24) is 9.88 Å². The first-order chi connectivity index (χ1) is 14.2. The van der Waals surface area contributed by atoms with E-state index in [4.69, 9.17) is 0 Å². The molecule has 4 rings (SSSR count). The Balaban J connectivity index is 1.37. The third kappa shape index (κ3) is 4.86. The van der Waals surface area contributed by atoms with Gasteiger partial charge < -0.3 is 15.1 Å². The first-order valence-electron chi connectivity index (χ1n) is 10.7. The number of pyridine rings is 1. The molecule has 0 bridgehead atoms. The molecule has 29 heavy (non-hydrogen) atoms. The molecule has 5 nitrogen and oxygen atoms in total. The van der Waals surface area contributed by atoms with Crippen LogP contribution in [0.3, 0.4) is 0 Å². The van der Waals surface area contributed by atoms with E-state index in [0.29, 0.717) is 43.6 Å². The highest BCUT2D eigenvalue weighted by Crippen LogP contribution is 2.23. The molecule has 0 unspecified atom stereocenters. The molecule has 154 valence electrons. The molecule has 1 aromatic heterocycles. The molecule has 6 heteroatoms. The summed E-state index contributed by atoms with van der Waals surface area (Å²) in [6, 6.07) is 11.1. The van der Waals surface area contributed by atoms with E-state index < -0.39 is 0 Å². The summed E-state index contributed by atoms with van der Waals surface area (Å²) in [5, 5.41) is 3.59. The lowest BCUT2D eigenvalue weighted by atomic mass is 10.1. The number of carbonyl (C=O) groups excluding carboxylic acids is 1. The Kier molecular flexibility index (Phi) is 6.27. The number of nitrogens with zero attached hydrogens (tertiary/aromatic N) is 3. The predicted octanol–water partition coefficient (Wildman–Crippen LogP) is 4.32. The van der Waals surface area contributed by atoms with Crippen molar-refractivity contribution in [3.8, 4) is 0 Å². The van der Waals surface area contributed by atoms with Crippen LogP contribution >= 0.6 is 0 Å². The van der Waals surface area contributed by atoms with Gasteiger partial charge in [-0.2, -0.15) is 0 Å². The van der Waals surface area contributed by atoms with E-state index in [0.717, 1.165) is 5.69 Å². The second-order valence-corrected chi connectivity index (χ2v) is 7.99. The molecule has 1 aliphatic heterocycles. The quantitative estimate of drug-likeness (QED) is 0.782. The number of halogens is 1. The Morgan fingerprint density at radius 1 is 1.00 bits per heavy atom. The maximum atomic E-state index is 14.0. The van der Waals surface area contributed by atoms with E-state index in [2.05, 4.69) is 10.3 Å². The summed E-state index contributed by atoms with van der Waals surface area (Å²) in [7, 11) is 0. The first-order valence-corrected chi connectivity index (χ1v) is 10.7. The minimum absolute atomic E-state index is 0.0531. The zero-order valence-corrected chi connectivity index (χ0v) is 16.8. The van der Waals surface area contributed by atoms with Gasteiger partial charge in [-0.15, -0.1) is 0 Å². The number of aromatic nitrogens is 1. The van der Waals surface area contributed by atoms with E-state index in [1.54, 1.807) is 18.3 Å². The lowest BCUT2D eigenvalue weighted by Crippen LogP contribution is -2.49. The van der Waals surface area contributed by atoms with Crippen LogP contribution in [0.5, 0.6) is 0 Å². The van der Waals surface area contributed by atoms with Gasteiger partial charge in [0.05, 0.1) is 5.69 Å². The molecular weight excluding hydrogens is 367 g/mol. The van der Waals surface area contributed by atoms with Crippen molar-refractivity contribution in [2.45, 2.75) is 44.6 Å². The molecule has 1 amide bonds. The van der Waals surface area contributed by atoms with Crippen molar-refractivity contribution in [1.29, 1.82) is 0 Å². The summed E-state index contributed by atoms with van der Waals surface area (Å²) < 4.78 is 14.0.